The number of hydrogen-bond donors (Lipinski definition) is 0. The number of hydrogen-bond acceptors (Lipinski definition) is 3. The quantitative estimate of drug-likeness (QED) is 0.638. The lowest BCUT2D eigenvalue weighted by Crippen LogP contribution is -2.23. The zero-order valence-corrected chi connectivity index (χ0v) is 12.0. The fourth-order valence-electron chi connectivity index (χ4n) is 3.22. The molecule has 2 aromatic rings. The monoisotopic (exact) mass is 288 g/mol. The maximum Gasteiger partial charge on any atom is 0.194 e. The van der Waals surface area contributed by atoms with E-state index in [2.05, 4.69) is 0 Å². The number of ketones is 3. The highest BCUT2D eigenvalue weighted by Crippen LogP contribution is 2.32. The Balaban J connectivity index is 1.98. The molecule has 0 heterocycles. The summed E-state index contributed by atoms with van der Waals surface area (Å²) in [5, 5.41) is 0. The molecule has 0 saturated carbocycles. The summed E-state index contributed by atoms with van der Waals surface area (Å²) >= 11 is 0. The largest absolute Gasteiger partial charge is 0.289 e. The van der Waals surface area contributed by atoms with Gasteiger partial charge in [-0.1, -0.05) is 29.8 Å². The van der Waals surface area contributed by atoms with Crippen molar-refractivity contribution in [2.45, 2.75) is 13.3 Å². The van der Waals surface area contributed by atoms with Crippen molar-refractivity contribution in [1.82, 2.24) is 0 Å². The highest BCUT2D eigenvalue weighted by molar-refractivity contribution is 6.29. The van der Waals surface area contributed by atoms with Gasteiger partial charge in [-0.3, -0.25) is 14.4 Å². The number of fused-ring (bicyclic) bond motifs is 3. The maximum atomic E-state index is 12.7. The van der Waals surface area contributed by atoms with Crippen LogP contribution in [0, 0.1) is 0 Å². The number of benzene rings is 2. The van der Waals surface area contributed by atoms with Gasteiger partial charge in [0.15, 0.2) is 17.3 Å². The van der Waals surface area contributed by atoms with E-state index in [0.717, 1.165) is 11.1 Å². The molecule has 22 heavy (non-hydrogen) atoms. The molecule has 2 aromatic carbocycles. The average Bonchev–Trinajstić information content (AvgIpc) is 2.51. The second-order valence-electron chi connectivity index (χ2n) is 5.79. The third-order valence-corrected chi connectivity index (χ3v) is 4.26. The first kappa shape index (κ1) is 12.9. The molecule has 0 atom stereocenters. The summed E-state index contributed by atoms with van der Waals surface area (Å²) < 4.78 is 0. The molecule has 0 bridgehead atoms. The molecule has 0 N–H and O–H groups in total. The maximum absolute atomic E-state index is 12.7. The molecule has 0 aliphatic heterocycles. The van der Waals surface area contributed by atoms with Gasteiger partial charge in [-0.05, 0) is 37.1 Å². The predicted octanol–water partition coefficient (Wildman–Crippen LogP) is 3.15. The van der Waals surface area contributed by atoms with E-state index in [4.69, 9.17) is 0 Å². The molecule has 0 aromatic heterocycles. The fourth-order valence-corrected chi connectivity index (χ4v) is 3.22. The third kappa shape index (κ3) is 1.65. The van der Waals surface area contributed by atoms with Crippen LogP contribution in [-0.4, -0.2) is 17.3 Å². The standard InChI is InChI=1S/C19H12O3/c1-10-6-11-8-15-16(9-14(11)17(20)7-10)19(22)13-5-3-2-4-12(13)18(15)21/h2-5,7-9H,6H2,1H3. The lowest BCUT2D eigenvalue weighted by molar-refractivity contribution is 0.0978. The summed E-state index contributed by atoms with van der Waals surface area (Å²) in [6, 6.07) is 10.1. The molecule has 2 aliphatic rings. The van der Waals surface area contributed by atoms with Gasteiger partial charge in [0.1, 0.15) is 0 Å². The third-order valence-electron chi connectivity index (χ3n) is 4.26. The van der Waals surface area contributed by atoms with Crippen LogP contribution < -0.4 is 0 Å². The summed E-state index contributed by atoms with van der Waals surface area (Å²) in [7, 11) is 0. The van der Waals surface area contributed by atoms with Crippen LogP contribution in [-0.2, 0) is 6.42 Å². The lowest BCUT2D eigenvalue weighted by atomic mass is 9.79. The normalized spacial score (nSPS) is 15.9. The van der Waals surface area contributed by atoms with E-state index in [1.807, 2.05) is 6.92 Å². The lowest BCUT2D eigenvalue weighted by Gasteiger charge is -2.21. The van der Waals surface area contributed by atoms with Gasteiger partial charge < -0.3 is 0 Å². The molecule has 106 valence electrons. The van der Waals surface area contributed by atoms with Crippen LogP contribution in [0.3, 0.4) is 0 Å². The van der Waals surface area contributed by atoms with Gasteiger partial charge in [0.2, 0.25) is 0 Å². The number of carbonyl (C=O) groups excluding carboxylic acids is 3. The second-order valence-corrected chi connectivity index (χ2v) is 5.79. The number of carbonyl (C=O) groups is 3. The van der Waals surface area contributed by atoms with Gasteiger partial charge >= 0.3 is 0 Å². The Bertz CT molecular complexity index is 916. The second kappa shape index (κ2) is 4.34. The Morgan fingerprint density at radius 2 is 1.36 bits per heavy atom. The molecule has 3 nitrogen and oxygen atoms in total. The first-order valence-corrected chi connectivity index (χ1v) is 7.13. The minimum absolute atomic E-state index is 0.0966. The van der Waals surface area contributed by atoms with Gasteiger partial charge in [0.05, 0.1) is 0 Å². The summed E-state index contributed by atoms with van der Waals surface area (Å²) in [4.78, 5) is 37.4. The van der Waals surface area contributed by atoms with Crippen molar-refractivity contribution in [2.24, 2.45) is 0 Å². The van der Waals surface area contributed by atoms with Crippen LogP contribution >= 0.6 is 0 Å². The fraction of sp³-hybridized carbons (Fsp3) is 0.105. The van der Waals surface area contributed by atoms with Gasteiger partial charge in [0, 0.05) is 27.8 Å². The Kier molecular flexibility index (Phi) is 2.54. The summed E-state index contributed by atoms with van der Waals surface area (Å²) in [6.45, 7) is 1.89. The van der Waals surface area contributed by atoms with Crippen molar-refractivity contribution in [3.05, 3.63) is 81.4 Å². The highest BCUT2D eigenvalue weighted by Gasteiger charge is 2.31. The summed E-state index contributed by atoms with van der Waals surface area (Å²) in [6.07, 6.45) is 2.23. The zero-order valence-electron chi connectivity index (χ0n) is 12.0. The summed E-state index contributed by atoms with van der Waals surface area (Å²) in [5.74, 6) is -0.430. The average molecular weight is 288 g/mol. The van der Waals surface area contributed by atoms with Gasteiger partial charge in [0.25, 0.3) is 0 Å². The Labute approximate surface area is 127 Å². The van der Waals surface area contributed by atoms with Crippen molar-refractivity contribution in [3.63, 3.8) is 0 Å². The molecule has 4 rings (SSSR count). The van der Waals surface area contributed by atoms with E-state index >= 15 is 0 Å². The SMILES string of the molecule is CC1=CC(=O)c2cc3c(cc2C1)C(=O)c1ccccc1C3=O. The Hall–Kier alpha value is -2.81. The Morgan fingerprint density at radius 3 is 2.00 bits per heavy atom. The summed E-state index contributed by atoms with van der Waals surface area (Å²) in [5.41, 5.74) is 3.92. The van der Waals surface area contributed by atoms with Crippen LogP contribution in [0.4, 0.5) is 0 Å². The molecular weight excluding hydrogens is 276 g/mol. The predicted molar refractivity (Wildman–Crippen MR) is 81.5 cm³/mol. The van der Waals surface area contributed by atoms with Crippen LogP contribution in [0.1, 0.15) is 54.7 Å². The van der Waals surface area contributed by atoms with E-state index in [-0.39, 0.29) is 17.3 Å². The number of allylic oxidation sites excluding steroid dienone is 2. The van der Waals surface area contributed by atoms with Gasteiger partial charge in [-0.2, -0.15) is 0 Å². The molecule has 0 unspecified atom stereocenters. The molecular formula is C19H12O3. The van der Waals surface area contributed by atoms with Crippen molar-refractivity contribution < 1.29 is 14.4 Å². The topological polar surface area (TPSA) is 51.2 Å². The van der Waals surface area contributed by atoms with Gasteiger partial charge in [-0.15, -0.1) is 0 Å². The van der Waals surface area contributed by atoms with Crippen molar-refractivity contribution >= 4 is 17.3 Å². The molecule has 2 aliphatic carbocycles. The van der Waals surface area contributed by atoms with Crippen molar-refractivity contribution in [1.29, 1.82) is 0 Å². The molecule has 0 saturated heterocycles. The van der Waals surface area contributed by atoms with Crippen LogP contribution in [0.25, 0.3) is 0 Å². The zero-order chi connectivity index (χ0) is 15.4. The number of rotatable bonds is 0. The van der Waals surface area contributed by atoms with E-state index < -0.39 is 0 Å². The molecule has 0 amide bonds. The van der Waals surface area contributed by atoms with E-state index in [0.29, 0.717) is 34.2 Å². The van der Waals surface area contributed by atoms with E-state index in [1.165, 1.54) is 0 Å². The first-order chi connectivity index (χ1) is 10.6. The van der Waals surface area contributed by atoms with E-state index in [9.17, 15) is 14.4 Å². The molecule has 0 fully saturated rings. The molecule has 0 spiro atoms. The minimum Gasteiger partial charge on any atom is -0.289 e. The minimum atomic E-state index is -0.188. The van der Waals surface area contributed by atoms with E-state index in [1.54, 1.807) is 42.5 Å². The van der Waals surface area contributed by atoms with Crippen LogP contribution in [0.15, 0.2) is 48.0 Å². The van der Waals surface area contributed by atoms with Crippen LogP contribution in [0.2, 0.25) is 0 Å². The highest BCUT2D eigenvalue weighted by atomic mass is 16.1. The smallest absolute Gasteiger partial charge is 0.194 e. The molecule has 3 heteroatoms. The first-order valence-electron chi connectivity index (χ1n) is 7.13. The Morgan fingerprint density at radius 1 is 0.773 bits per heavy atom. The van der Waals surface area contributed by atoms with Gasteiger partial charge in [-0.25, -0.2) is 0 Å². The van der Waals surface area contributed by atoms with Crippen molar-refractivity contribution in [2.75, 3.05) is 0 Å². The molecule has 0 radical (unpaired) electrons. The van der Waals surface area contributed by atoms with Crippen molar-refractivity contribution in [3.8, 4) is 0 Å². The van der Waals surface area contributed by atoms with Crippen LogP contribution in [0.5, 0.6) is 0 Å².